The average molecular weight is 484 g/mol. The highest BCUT2D eigenvalue weighted by Gasteiger charge is 2.38. The van der Waals surface area contributed by atoms with Gasteiger partial charge in [0, 0.05) is 52.4 Å². The van der Waals surface area contributed by atoms with Gasteiger partial charge in [-0.2, -0.15) is 5.10 Å². The highest BCUT2D eigenvalue weighted by atomic mass is 16.5. The fourth-order valence-corrected chi connectivity index (χ4v) is 6.10. The number of rotatable bonds is 6. The van der Waals surface area contributed by atoms with Crippen LogP contribution in [0.4, 0.5) is 5.82 Å². The SMILES string of the molecule is Cn1nc(C(=O)NC2CCN(CCN3CCOCC3)CC2)c2ccc(N3C4CCC3COC4)nc21. The number of aromatic nitrogens is 3. The van der Waals surface area contributed by atoms with Crippen molar-refractivity contribution in [2.24, 2.45) is 7.05 Å². The molecule has 0 saturated carbocycles. The number of hydrogen-bond donors (Lipinski definition) is 1. The van der Waals surface area contributed by atoms with Crippen LogP contribution in [0, 0.1) is 0 Å². The molecule has 0 aromatic carbocycles. The van der Waals surface area contributed by atoms with Crippen molar-refractivity contribution in [3.05, 3.63) is 17.8 Å². The molecule has 2 unspecified atom stereocenters. The number of piperidine rings is 1. The number of nitrogens with zero attached hydrogens (tertiary/aromatic N) is 6. The Balaban J connectivity index is 1.06. The van der Waals surface area contributed by atoms with Gasteiger partial charge in [0.25, 0.3) is 5.91 Å². The Morgan fingerprint density at radius 3 is 2.37 bits per heavy atom. The van der Waals surface area contributed by atoms with E-state index in [-0.39, 0.29) is 11.9 Å². The van der Waals surface area contributed by atoms with Crippen LogP contribution < -0.4 is 10.2 Å². The Labute approximate surface area is 206 Å². The lowest BCUT2D eigenvalue weighted by atomic mass is 10.0. The molecule has 6 rings (SSSR count). The summed E-state index contributed by atoms with van der Waals surface area (Å²) in [5.41, 5.74) is 1.23. The maximum absolute atomic E-state index is 13.2. The summed E-state index contributed by atoms with van der Waals surface area (Å²) in [7, 11) is 1.87. The van der Waals surface area contributed by atoms with E-state index < -0.39 is 0 Å². The smallest absolute Gasteiger partial charge is 0.272 e. The van der Waals surface area contributed by atoms with Gasteiger partial charge in [0.1, 0.15) is 5.82 Å². The van der Waals surface area contributed by atoms with E-state index in [0.717, 1.165) is 108 Å². The Morgan fingerprint density at radius 1 is 0.971 bits per heavy atom. The number of pyridine rings is 1. The van der Waals surface area contributed by atoms with Gasteiger partial charge in [-0.05, 0) is 37.8 Å². The van der Waals surface area contributed by atoms with Crippen molar-refractivity contribution in [1.29, 1.82) is 0 Å². The molecule has 2 bridgehead atoms. The Bertz CT molecular complexity index is 1030. The van der Waals surface area contributed by atoms with Gasteiger partial charge >= 0.3 is 0 Å². The zero-order valence-corrected chi connectivity index (χ0v) is 20.7. The molecule has 2 atom stereocenters. The van der Waals surface area contributed by atoms with Crippen LogP contribution in [0.1, 0.15) is 36.2 Å². The van der Waals surface area contributed by atoms with E-state index in [4.69, 9.17) is 14.5 Å². The van der Waals surface area contributed by atoms with E-state index >= 15 is 0 Å². The summed E-state index contributed by atoms with van der Waals surface area (Å²) in [6.07, 6.45) is 4.24. The fraction of sp³-hybridized carbons (Fsp3) is 0.720. The third-order valence-electron chi connectivity index (χ3n) is 8.15. The van der Waals surface area contributed by atoms with E-state index in [2.05, 4.69) is 25.1 Å². The molecule has 4 fully saturated rings. The molecule has 4 saturated heterocycles. The molecule has 0 radical (unpaired) electrons. The van der Waals surface area contributed by atoms with E-state index in [1.807, 2.05) is 19.2 Å². The molecular weight excluding hydrogens is 446 g/mol. The van der Waals surface area contributed by atoms with Crippen molar-refractivity contribution in [1.82, 2.24) is 29.9 Å². The van der Waals surface area contributed by atoms with E-state index in [0.29, 0.717) is 17.8 Å². The van der Waals surface area contributed by atoms with E-state index in [9.17, 15) is 4.79 Å². The van der Waals surface area contributed by atoms with Crippen LogP contribution >= 0.6 is 0 Å². The van der Waals surface area contributed by atoms with Gasteiger partial charge in [-0.3, -0.25) is 9.69 Å². The number of anilines is 1. The third-order valence-corrected chi connectivity index (χ3v) is 8.15. The Hall–Kier alpha value is -2.27. The number of aryl methyl sites for hydroxylation is 1. The van der Waals surface area contributed by atoms with E-state index in [1.165, 1.54) is 0 Å². The van der Waals surface area contributed by atoms with Crippen LogP contribution in [0.5, 0.6) is 0 Å². The van der Waals surface area contributed by atoms with Crippen LogP contribution in [0.3, 0.4) is 0 Å². The van der Waals surface area contributed by atoms with Crippen LogP contribution in [0.15, 0.2) is 12.1 Å². The highest BCUT2D eigenvalue weighted by molar-refractivity contribution is 6.04. The maximum atomic E-state index is 13.2. The average Bonchev–Trinajstić information content (AvgIpc) is 3.35. The lowest BCUT2D eigenvalue weighted by Crippen LogP contribution is -2.47. The molecule has 2 aromatic heterocycles. The molecule has 4 aliphatic rings. The lowest BCUT2D eigenvalue weighted by Gasteiger charge is -2.35. The molecule has 2 aromatic rings. The topological polar surface area (TPSA) is 88.0 Å². The maximum Gasteiger partial charge on any atom is 0.272 e. The normalized spacial score (nSPS) is 26.5. The van der Waals surface area contributed by atoms with Crippen LogP contribution in [0.2, 0.25) is 0 Å². The molecule has 190 valence electrons. The first kappa shape index (κ1) is 23.1. The van der Waals surface area contributed by atoms with Crippen molar-refractivity contribution >= 4 is 22.8 Å². The van der Waals surface area contributed by atoms with Gasteiger partial charge in [0.05, 0.1) is 43.9 Å². The number of carbonyl (C=O) groups excluding carboxylic acids is 1. The summed E-state index contributed by atoms with van der Waals surface area (Å²) in [6.45, 7) is 9.52. The van der Waals surface area contributed by atoms with Crippen LogP contribution in [0.25, 0.3) is 11.0 Å². The first-order valence-corrected chi connectivity index (χ1v) is 13.2. The second-order valence-electron chi connectivity index (χ2n) is 10.4. The molecule has 0 spiro atoms. The van der Waals surface area contributed by atoms with Crippen LogP contribution in [-0.2, 0) is 16.5 Å². The number of likely N-dealkylation sites (tertiary alicyclic amines) is 1. The number of morpholine rings is 2. The minimum Gasteiger partial charge on any atom is -0.379 e. The lowest BCUT2D eigenvalue weighted by molar-refractivity contribution is 0.0318. The number of fused-ring (bicyclic) bond motifs is 3. The zero-order valence-electron chi connectivity index (χ0n) is 20.7. The summed E-state index contributed by atoms with van der Waals surface area (Å²) >= 11 is 0. The van der Waals surface area contributed by atoms with Gasteiger partial charge < -0.3 is 24.6 Å². The summed E-state index contributed by atoms with van der Waals surface area (Å²) in [4.78, 5) is 25.5. The Morgan fingerprint density at radius 2 is 1.66 bits per heavy atom. The van der Waals surface area contributed by atoms with Crippen molar-refractivity contribution in [2.75, 3.05) is 70.6 Å². The van der Waals surface area contributed by atoms with Crippen LogP contribution in [-0.4, -0.2) is 114 Å². The zero-order chi connectivity index (χ0) is 23.8. The Kier molecular flexibility index (Phi) is 6.62. The molecule has 10 nitrogen and oxygen atoms in total. The summed E-state index contributed by atoms with van der Waals surface area (Å²) in [5.74, 6) is 0.871. The number of carbonyl (C=O) groups is 1. The third kappa shape index (κ3) is 4.76. The predicted octanol–water partition coefficient (Wildman–Crippen LogP) is 0.862. The number of nitrogens with one attached hydrogen (secondary N) is 1. The second kappa shape index (κ2) is 10.0. The number of ether oxygens (including phenoxy) is 2. The fourth-order valence-electron chi connectivity index (χ4n) is 6.10. The molecule has 6 heterocycles. The first-order chi connectivity index (χ1) is 17.2. The summed E-state index contributed by atoms with van der Waals surface area (Å²) < 4.78 is 12.9. The molecule has 4 aliphatic heterocycles. The largest absolute Gasteiger partial charge is 0.379 e. The van der Waals surface area contributed by atoms with Gasteiger partial charge in [-0.25, -0.2) is 9.67 Å². The molecule has 1 N–H and O–H groups in total. The van der Waals surface area contributed by atoms with Crippen molar-refractivity contribution in [2.45, 2.75) is 43.8 Å². The van der Waals surface area contributed by atoms with Gasteiger partial charge in [-0.1, -0.05) is 0 Å². The molecule has 10 heteroatoms. The standard InChI is InChI=1S/C25H37N7O3/c1-29-24-21(4-5-22(27-24)32-19-2-3-20(32)17-35-16-19)23(28-29)25(33)26-18-6-8-30(9-7-18)10-11-31-12-14-34-15-13-31/h4-5,18-20H,2-3,6-17H2,1H3,(H,26,33). The number of amides is 1. The monoisotopic (exact) mass is 483 g/mol. The van der Waals surface area contributed by atoms with Crippen molar-refractivity contribution in [3.63, 3.8) is 0 Å². The highest BCUT2D eigenvalue weighted by Crippen LogP contribution is 2.34. The van der Waals surface area contributed by atoms with Gasteiger partial charge in [0.2, 0.25) is 0 Å². The summed E-state index contributed by atoms with van der Waals surface area (Å²) in [6, 6.07) is 5.05. The number of hydrogen-bond acceptors (Lipinski definition) is 8. The van der Waals surface area contributed by atoms with Crippen molar-refractivity contribution in [3.8, 4) is 0 Å². The van der Waals surface area contributed by atoms with Crippen molar-refractivity contribution < 1.29 is 14.3 Å². The second-order valence-corrected chi connectivity index (χ2v) is 10.4. The quantitative estimate of drug-likeness (QED) is 0.648. The molecule has 35 heavy (non-hydrogen) atoms. The predicted molar refractivity (Wildman–Crippen MR) is 133 cm³/mol. The minimum atomic E-state index is -0.0941. The van der Waals surface area contributed by atoms with Gasteiger partial charge in [-0.15, -0.1) is 0 Å². The summed E-state index contributed by atoms with van der Waals surface area (Å²) in [5, 5.41) is 8.63. The van der Waals surface area contributed by atoms with E-state index in [1.54, 1.807) is 4.68 Å². The van der Waals surface area contributed by atoms with Gasteiger partial charge in [0.15, 0.2) is 11.3 Å². The minimum absolute atomic E-state index is 0.0941. The molecular formula is C25H37N7O3. The molecule has 1 amide bonds. The first-order valence-electron chi connectivity index (χ1n) is 13.2. The molecule has 0 aliphatic carbocycles.